The highest BCUT2D eigenvalue weighted by Gasteiger charge is 2.46. The number of aliphatic hydroxyl groups excluding tert-OH is 1. The summed E-state index contributed by atoms with van der Waals surface area (Å²) in [4.78, 5) is 28.1. The first-order valence-corrected chi connectivity index (χ1v) is 13.3. The second-order valence-electron chi connectivity index (χ2n) is 11.0. The summed E-state index contributed by atoms with van der Waals surface area (Å²) in [6, 6.07) is 19.9. The van der Waals surface area contributed by atoms with Gasteiger partial charge in [-0.25, -0.2) is 0 Å². The van der Waals surface area contributed by atoms with Gasteiger partial charge in [-0.15, -0.1) is 0 Å². The Morgan fingerprint density at radius 3 is 2.35 bits per heavy atom. The summed E-state index contributed by atoms with van der Waals surface area (Å²) >= 11 is 0. The van der Waals surface area contributed by atoms with Crippen LogP contribution in [-0.2, 0) is 26.3 Å². The number of carbonyl (C=O) groups is 2. The summed E-state index contributed by atoms with van der Waals surface area (Å²) in [7, 11) is 3.13. The molecule has 1 N–H and O–H groups in total. The quantitative estimate of drug-likeness (QED) is 0.204. The van der Waals surface area contributed by atoms with E-state index in [2.05, 4.69) is 0 Å². The van der Waals surface area contributed by atoms with Crippen LogP contribution >= 0.6 is 0 Å². The number of amides is 1. The Balaban J connectivity index is 1.77. The van der Waals surface area contributed by atoms with E-state index >= 15 is 0 Å². The number of aryl methyl sites for hydroxylation is 1. The second kappa shape index (κ2) is 12.0. The SMILES string of the molecule is COCCN1C(=O)C(=O)/C(=C(/O)c2ccc(OC)c(C(C)(C)C)c2)C1c1cccc(OCc2ccc(C)cc2)c1. The van der Waals surface area contributed by atoms with Gasteiger partial charge in [-0.3, -0.25) is 9.59 Å². The standard InChI is InChI=1S/C33H37NO6/c1-21-10-12-22(13-11-21)20-40-25-9-7-8-23(18-25)29-28(31(36)32(37)34(29)16-17-38-5)30(35)24-14-15-27(39-6)26(19-24)33(2,3)4/h7-15,18-19,29,35H,16-17,20H2,1-6H3/b30-28+. The molecule has 7 nitrogen and oxygen atoms in total. The number of benzene rings is 3. The molecule has 0 aromatic heterocycles. The second-order valence-corrected chi connectivity index (χ2v) is 11.0. The minimum atomic E-state index is -0.807. The van der Waals surface area contributed by atoms with Crippen LogP contribution in [0.25, 0.3) is 5.76 Å². The number of carbonyl (C=O) groups excluding carboxylic acids is 2. The van der Waals surface area contributed by atoms with Gasteiger partial charge in [0, 0.05) is 24.8 Å². The highest BCUT2D eigenvalue weighted by Crippen LogP contribution is 2.41. The maximum absolute atomic E-state index is 13.4. The van der Waals surface area contributed by atoms with Gasteiger partial charge < -0.3 is 24.2 Å². The molecule has 40 heavy (non-hydrogen) atoms. The summed E-state index contributed by atoms with van der Waals surface area (Å²) in [6.07, 6.45) is 0. The topological polar surface area (TPSA) is 85.3 Å². The molecule has 1 unspecified atom stereocenters. The Bertz CT molecular complexity index is 1420. The molecule has 1 aliphatic heterocycles. The molecular formula is C33H37NO6. The van der Waals surface area contributed by atoms with E-state index in [1.165, 1.54) is 17.6 Å². The summed E-state index contributed by atoms with van der Waals surface area (Å²) in [5, 5.41) is 11.6. The Morgan fingerprint density at radius 2 is 1.70 bits per heavy atom. The fourth-order valence-electron chi connectivity index (χ4n) is 4.87. The van der Waals surface area contributed by atoms with Crippen LogP contribution in [0.4, 0.5) is 0 Å². The van der Waals surface area contributed by atoms with Gasteiger partial charge in [0.2, 0.25) is 0 Å². The molecular weight excluding hydrogens is 506 g/mol. The molecule has 4 rings (SSSR count). The maximum Gasteiger partial charge on any atom is 0.295 e. The molecule has 0 radical (unpaired) electrons. The van der Waals surface area contributed by atoms with Crippen molar-refractivity contribution in [3.63, 3.8) is 0 Å². The maximum atomic E-state index is 13.4. The molecule has 1 atom stereocenters. The largest absolute Gasteiger partial charge is 0.507 e. The van der Waals surface area contributed by atoms with Gasteiger partial charge >= 0.3 is 0 Å². The molecule has 3 aromatic carbocycles. The summed E-state index contributed by atoms with van der Waals surface area (Å²) < 4.78 is 16.8. The monoisotopic (exact) mass is 543 g/mol. The normalized spacial score (nSPS) is 16.9. The smallest absolute Gasteiger partial charge is 0.295 e. The van der Waals surface area contributed by atoms with Crippen molar-refractivity contribution in [3.05, 3.63) is 100 Å². The van der Waals surface area contributed by atoms with Crippen LogP contribution in [0.15, 0.2) is 72.3 Å². The van der Waals surface area contributed by atoms with Crippen LogP contribution in [0.5, 0.6) is 11.5 Å². The van der Waals surface area contributed by atoms with Crippen molar-refractivity contribution in [1.82, 2.24) is 4.90 Å². The highest BCUT2D eigenvalue weighted by atomic mass is 16.5. The molecule has 3 aromatic rings. The van der Waals surface area contributed by atoms with Crippen LogP contribution in [0, 0.1) is 6.92 Å². The zero-order valence-corrected chi connectivity index (χ0v) is 24.0. The number of methoxy groups -OCH3 is 2. The van der Waals surface area contributed by atoms with Gasteiger partial charge in [-0.05, 0) is 53.8 Å². The minimum absolute atomic E-state index is 0.0295. The third kappa shape index (κ3) is 6.05. The van der Waals surface area contributed by atoms with Crippen LogP contribution < -0.4 is 9.47 Å². The minimum Gasteiger partial charge on any atom is -0.507 e. The number of hydrogen-bond donors (Lipinski definition) is 1. The molecule has 1 aliphatic rings. The molecule has 1 amide bonds. The van der Waals surface area contributed by atoms with E-state index in [9.17, 15) is 14.7 Å². The third-order valence-electron chi connectivity index (χ3n) is 7.06. The van der Waals surface area contributed by atoms with Crippen LogP contribution in [0.3, 0.4) is 0 Å². The zero-order chi connectivity index (χ0) is 29.0. The summed E-state index contributed by atoms with van der Waals surface area (Å²) in [5.74, 6) is -0.381. The first-order chi connectivity index (χ1) is 19.0. The number of rotatable bonds is 9. The van der Waals surface area contributed by atoms with Crippen LogP contribution in [0.1, 0.15) is 54.6 Å². The first-order valence-electron chi connectivity index (χ1n) is 13.3. The predicted octanol–water partition coefficient (Wildman–Crippen LogP) is 5.95. The molecule has 210 valence electrons. The number of ether oxygens (including phenoxy) is 3. The number of nitrogens with zero attached hydrogens (tertiary/aromatic N) is 1. The van der Waals surface area contributed by atoms with Gasteiger partial charge in [0.15, 0.2) is 0 Å². The van der Waals surface area contributed by atoms with Crippen molar-refractivity contribution in [2.75, 3.05) is 27.4 Å². The van der Waals surface area contributed by atoms with E-state index in [4.69, 9.17) is 14.2 Å². The fourth-order valence-corrected chi connectivity index (χ4v) is 4.87. The number of Topliss-reactive ketones (excluding diaryl/α,β-unsaturated/α-hetero) is 1. The molecule has 0 spiro atoms. The van der Waals surface area contributed by atoms with Crippen molar-refractivity contribution in [1.29, 1.82) is 0 Å². The molecule has 0 saturated carbocycles. The van der Waals surface area contributed by atoms with Gasteiger partial charge in [0.05, 0.1) is 25.3 Å². The van der Waals surface area contributed by atoms with Gasteiger partial charge in [0.25, 0.3) is 11.7 Å². The van der Waals surface area contributed by atoms with E-state index in [0.29, 0.717) is 29.2 Å². The molecule has 7 heteroatoms. The zero-order valence-electron chi connectivity index (χ0n) is 24.0. The van der Waals surface area contributed by atoms with Gasteiger partial charge in [0.1, 0.15) is 23.9 Å². The molecule has 1 heterocycles. The van der Waals surface area contributed by atoms with Gasteiger partial charge in [-0.2, -0.15) is 0 Å². The van der Waals surface area contributed by atoms with Crippen molar-refractivity contribution < 1.29 is 28.9 Å². The fraction of sp³-hybridized carbons (Fsp3) is 0.333. The van der Waals surface area contributed by atoms with Crippen LogP contribution in [-0.4, -0.2) is 49.1 Å². The average molecular weight is 544 g/mol. The van der Waals surface area contributed by atoms with E-state index in [1.807, 2.05) is 82.3 Å². The Labute approximate surface area is 236 Å². The first kappa shape index (κ1) is 28.9. The molecule has 0 aliphatic carbocycles. The van der Waals surface area contributed by atoms with Gasteiger partial charge in [-0.1, -0.05) is 62.7 Å². The van der Waals surface area contributed by atoms with E-state index in [0.717, 1.165) is 11.1 Å². The molecule has 1 saturated heterocycles. The lowest BCUT2D eigenvalue weighted by Crippen LogP contribution is -2.32. The molecule has 0 bridgehead atoms. The number of ketones is 1. The Kier molecular flexibility index (Phi) is 8.64. The summed E-state index contributed by atoms with van der Waals surface area (Å²) in [5.41, 5.74) is 3.90. The number of likely N-dealkylation sites (tertiary alicyclic amines) is 1. The number of hydrogen-bond acceptors (Lipinski definition) is 6. The van der Waals surface area contributed by atoms with E-state index < -0.39 is 17.7 Å². The molecule has 1 fully saturated rings. The Hall–Kier alpha value is -4.10. The lowest BCUT2D eigenvalue weighted by atomic mass is 9.84. The average Bonchev–Trinajstić information content (AvgIpc) is 3.19. The lowest BCUT2D eigenvalue weighted by molar-refractivity contribution is -0.140. The predicted molar refractivity (Wildman–Crippen MR) is 155 cm³/mol. The Morgan fingerprint density at radius 1 is 0.975 bits per heavy atom. The van der Waals surface area contributed by atoms with Crippen molar-refractivity contribution in [2.24, 2.45) is 0 Å². The number of aliphatic hydroxyl groups is 1. The van der Waals surface area contributed by atoms with Crippen molar-refractivity contribution in [2.45, 2.75) is 45.8 Å². The highest BCUT2D eigenvalue weighted by molar-refractivity contribution is 6.46. The third-order valence-corrected chi connectivity index (χ3v) is 7.06. The van der Waals surface area contributed by atoms with Crippen molar-refractivity contribution >= 4 is 17.4 Å². The van der Waals surface area contributed by atoms with E-state index in [-0.39, 0.29) is 29.9 Å². The summed E-state index contributed by atoms with van der Waals surface area (Å²) in [6.45, 7) is 8.96. The van der Waals surface area contributed by atoms with Crippen LogP contribution in [0.2, 0.25) is 0 Å². The lowest BCUT2D eigenvalue weighted by Gasteiger charge is -2.26. The van der Waals surface area contributed by atoms with E-state index in [1.54, 1.807) is 19.2 Å². The van der Waals surface area contributed by atoms with Crippen molar-refractivity contribution in [3.8, 4) is 11.5 Å².